The number of benzene rings is 2. The maximum atomic E-state index is 6.15. The molecule has 0 bridgehead atoms. The molecule has 0 heterocycles. The number of methoxy groups -OCH3 is 1. The Labute approximate surface area is 143 Å². The quantitative estimate of drug-likeness (QED) is 0.368. The fraction of sp³-hybridized carbons (Fsp3) is 0.294. The molecule has 0 saturated heterocycles. The van der Waals surface area contributed by atoms with Gasteiger partial charge in [-0.25, -0.2) is 0 Å². The van der Waals surface area contributed by atoms with Crippen LogP contribution >= 0.6 is 11.6 Å². The van der Waals surface area contributed by atoms with Gasteiger partial charge in [0, 0.05) is 13.0 Å². The summed E-state index contributed by atoms with van der Waals surface area (Å²) >= 11 is 5.99. The lowest BCUT2D eigenvalue weighted by molar-refractivity contribution is 0.102. The largest absolute Gasteiger partial charge is 0.633 e. The molecule has 0 aliphatic heterocycles. The third-order valence-electron chi connectivity index (χ3n) is 3.04. The van der Waals surface area contributed by atoms with Crippen LogP contribution in [0.2, 0.25) is 6.04 Å². The maximum absolute atomic E-state index is 6.15. The lowest BCUT2D eigenvalue weighted by atomic mass is 10.3. The molecule has 124 valence electrons. The Kier molecular flexibility index (Phi) is 7.41. The van der Waals surface area contributed by atoms with Crippen molar-refractivity contribution in [1.82, 2.24) is 0 Å². The number of halogens is 1. The second-order valence-corrected chi connectivity index (χ2v) is 7.73. The molecule has 6 heteroatoms. The SMILES string of the molecule is COCCO[Si](CCCl)(Oc1ccccc1)Oc1ccccc1. The van der Waals surface area contributed by atoms with Crippen LogP contribution in [0.25, 0.3) is 0 Å². The van der Waals surface area contributed by atoms with E-state index in [9.17, 15) is 0 Å². The predicted molar refractivity (Wildman–Crippen MR) is 93.2 cm³/mol. The van der Waals surface area contributed by atoms with Gasteiger partial charge in [0.15, 0.2) is 0 Å². The zero-order valence-corrected chi connectivity index (χ0v) is 14.9. The molecule has 2 aromatic carbocycles. The van der Waals surface area contributed by atoms with Gasteiger partial charge in [-0.1, -0.05) is 36.4 Å². The maximum Gasteiger partial charge on any atom is 0.633 e. The van der Waals surface area contributed by atoms with Gasteiger partial charge in [0.05, 0.1) is 19.3 Å². The molecular weight excluding hydrogens is 332 g/mol. The number of alkyl halides is 1. The molecule has 0 N–H and O–H groups in total. The summed E-state index contributed by atoms with van der Waals surface area (Å²) in [5, 5.41) is 0. The van der Waals surface area contributed by atoms with Crippen molar-refractivity contribution >= 4 is 20.4 Å². The molecule has 0 fully saturated rings. The van der Waals surface area contributed by atoms with Crippen molar-refractivity contribution in [1.29, 1.82) is 0 Å². The van der Waals surface area contributed by atoms with E-state index < -0.39 is 8.80 Å². The van der Waals surface area contributed by atoms with Gasteiger partial charge in [-0.3, -0.25) is 0 Å². The van der Waals surface area contributed by atoms with Gasteiger partial charge in [-0.05, 0) is 24.3 Å². The Morgan fingerprint density at radius 2 is 1.35 bits per heavy atom. The highest BCUT2D eigenvalue weighted by Gasteiger charge is 2.46. The second-order valence-electron chi connectivity index (χ2n) is 4.79. The first-order valence-corrected chi connectivity index (χ1v) is 9.91. The third kappa shape index (κ3) is 5.88. The zero-order chi connectivity index (χ0) is 16.4. The van der Waals surface area contributed by atoms with Crippen molar-refractivity contribution in [3.05, 3.63) is 60.7 Å². The van der Waals surface area contributed by atoms with E-state index in [1.165, 1.54) is 0 Å². The van der Waals surface area contributed by atoms with E-state index in [0.717, 1.165) is 0 Å². The van der Waals surface area contributed by atoms with Gasteiger partial charge >= 0.3 is 8.80 Å². The van der Waals surface area contributed by atoms with Crippen molar-refractivity contribution in [2.45, 2.75) is 6.04 Å². The van der Waals surface area contributed by atoms with Crippen molar-refractivity contribution in [2.24, 2.45) is 0 Å². The van der Waals surface area contributed by atoms with E-state index >= 15 is 0 Å². The molecule has 0 unspecified atom stereocenters. The molecule has 2 aromatic rings. The van der Waals surface area contributed by atoms with Crippen molar-refractivity contribution < 1.29 is 18.0 Å². The van der Waals surface area contributed by atoms with Crippen molar-refractivity contribution in [3.63, 3.8) is 0 Å². The summed E-state index contributed by atoms with van der Waals surface area (Å²) in [5.41, 5.74) is 0. The van der Waals surface area contributed by atoms with Crippen LogP contribution in [-0.2, 0) is 9.16 Å². The summed E-state index contributed by atoms with van der Waals surface area (Å²) in [6.07, 6.45) is 0. The monoisotopic (exact) mass is 352 g/mol. The molecule has 0 aliphatic rings. The minimum Gasteiger partial charge on any atom is -0.492 e. The van der Waals surface area contributed by atoms with Crippen LogP contribution in [0, 0.1) is 0 Å². The van der Waals surface area contributed by atoms with Gasteiger partial charge in [0.1, 0.15) is 11.5 Å². The second kappa shape index (κ2) is 9.57. The summed E-state index contributed by atoms with van der Waals surface area (Å²) in [6.45, 7) is 0.854. The molecule has 0 spiro atoms. The van der Waals surface area contributed by atoms with Crippen molar-refractivity contribution in [2.75, 3.05) is 26.2 Å². The van der Waals surface area contributed by atoms with E-state index in [0.29, 0.717) is 36.6 Å². The molecule has 23 heavy (non-hydrogen) atoms. The topological polar surface area (TPSA) is 36.9 Å². The summed E-state index contributed by atoms with van der Waals surface area (Å²) in [6, 6.07) is 19.5. The molecule has 2 rings (SSSR count). The summed E-state index contributed by atoms with van der Waals surface area (Å²) in [7, 11) is -1.40. The van der Waals surface area contributed by atoms with Gasteiger partial charge in [-0.2, -0.15) is 0 Å². The average Bonchev–Trinajstić information content (AvgIpc) is 2.57. The van der Waals surface area contributed by atoms with Crippen LogP contribution in [-0.4, -0.2) is 35.0 Å². The van der Waals surface area contributed by atoms with E-state index in [1.807, 2.05) is 60.7 Å². The lowest BCUT2D eigenvalue weighted by Crippen LogP contribution is -2.52. The summed E-state index contributed by atoms with van der Waals surface area (Å²) < 4.78 is 23.4. The van der Waals surface area contributed by atoms with Gasteiger partial charge in [0.25, 0.3) is 0 Å². The Hall–Kier alpha value is -1.53. The first kappa shape index (κ1) is 17.8. The Morgan fingerprint density at radius 1 is 0.826 bits per heavy atom. The molecule has 0 radical (unpaired) electrons. The first-order chi connectivity index (χ1) is 11.3. The minimum atomic E-state index is -3.03. The number of ether oxygens (including phenoxy) is 1. The van der Waals surface area contributed by atoms with Crippen LogP contribution in [0.4, 0.5) is 0 Å². The minimum absolute atomic E-state index is 0.388. The highest BCUT2D eigenvalue weighted by Crippen LogP contribution is 2.24. The Balaban J connectivity index is 2.21. The molecule has 4 nitrogen and oxygen atoms in total. The average molecular weight is 353 g/mol. The number of para-hydroxylation sites is 2. The van der Waals surface area contributed by atoms with Crippen LogP contribution in [0.15, 0.2) is 60.7 Å². The number of hydrogen-bond donors (Lipinski definition) is 0. The summed E-state index contributed by atoms with van der Waals surface area (Å²) in [5.74, 6) is 1.80. The number of hydrogen-bond acceptors (Lipinski definition) is 4. The van der Waals surface area contributed by atoms with Gasteiger partial charge in [0.2, 0.25) is 0 Å². The highest BCUT2D eigenvalue weighted by molar-refractivity contribution is 6.63. The van der Waals surface area contributed by atoms with Gasteiger partial charge in [-0.15, -0.1) is 11.6 Å². The lowest BCUT2D eigenvalue weighted by Gasteiger charge is -2.29. The van der Waals surface area contributed by atoms with Crippen LogP contribution in [0.1, 0.15) is 0 Å². The Bertz CT molecular complexity index is 512. The molecule has 0 aliphatic carbocycles. The van der Waals surface area contributed by atoms with Crippen LogP contribution in [0.3, 0.4) is 0 Å². The normalized spacial score (nSPS) is 11.2. The molecular formula is C17H21ClO4Si. The fourth-order valence-electron chi connectivity index (χ4n) is 1.99. The molecule has 0 amide bonds. The van der Waals surface area contributed by atoms with E-state index in [2.05, 4.69) is 0 Å². The van der Waals surface area contributed by atoms with Gasteiger partial charge < -0.3 is 18.0 Å². The standard InChI is InChI=1S/C17H21ClO4Si/c1-19-13-14-20-23(15-12-18,21-16-8-4-2-5-9-16)22-17-10-6-3-7-11-17/h2-11H,12-15H2,1H3. The van der Waals surface area contributed by atoms with E-state index in [1.54, 1.807) is 7.11 Å². The molecule has 0 aromatic heterocycles. The van der Waals surface area contributed by atoms with Crippen molar-refractivity contribution in [3.8, 4) is 11.5 Å². The Morgan fingerprint density at radius 3 is 1.78 bits per heavy atom. The first-order valence-electron chi connectivity index (χ1n) is 7.45. The van der Waals surface area contributed by atoms with E-state index in [4.69, 9.17) is 29.6 Å². The third-order valence-corrected chi connectivity index (χ3v) is 6.15. The van der Waals surface area contributed by atoms with Crippen LogP contribution in [0.5, 0.6) is 11.5 Å². The van der Waals surface area contributed by atoms with E-state index in [-0.39, 0.29) is 0 Å². The number of rotatable bonds is 10. The van der Waals surface area contributed by atoms with Crippen LogP contribution < -0.4 is 8.85 Å². The predicted octanol–water partition coefficient (Wildman–Crippen LogP) is 3.99. The summed E-state index contributed by atoms with van der Waals surface area (Å²) in [4.78, 5) is 0. The molecule has 0 atom stereocenters. The smallest absolute Gasteiger partial charge is 0.492 e. The highest BCUT2D eigenvalue weighted by atomic mass is 35.5. The molecule has 0 saturated carbocycles. The fourth-order valence-corrected chi connectivity index (χ4v) is 4.80. The zero-order valence-electron chi connectivity index (χ0n) is 13.1.